The van der Waals surface area contributed by atoms with Gasteiger partial charge in [-0.3, -0.25) is 0 Å². The number of nitrogens with zero attached hydrogens (tertiary/aromatic N) is 6. The number of benzene rings is 2. The Balaban J connectivity index is 0.000000147. The molecule has 0 aliphatic carbocycles. The van der Waals surface area contributed by atoms with E-state index in [0.29, 0.717) is 6.54 Å². The lowest BCUT2D eigenvalue weighted by Crippen LogP contribution is -1.95. The Morgan fingerprint density at radius 3 is 2.00 bits per heavy atom. The van der Waals surface area contributed by atoms with Crippen molar-refractivity contribution in [2.45, 2.75) is 0 Å². The van der Waals surface area contributed by atoms with Gasteiger partial charge in [0.15, 0.2) is 0 Å². The summed E-state index contributed by atoms with van der Waals surface area (Å²) in [6, 6.07) is 20.0. The van der Waals surface area contributed by atoms with Gasteiger partial charge in [-0.15, -0.1) is 10.2 Å². The normalized spacial score (nSPS) is 11.2. The molecular formula is C16H14BrIN6. The molecule has 3 aromatic rings. The van der Waals surface area contributed by atoms with Crippen LogP contribution < -0.4 is 0 Å². The maximum atomic E-state index is 3.91. The van der Waals surface area contributed by atoms with E-state index >= 15 is 0 Å². The fourth-order valence-electron chi connectivity index (χ4n) is 1.56. The van der Waals surface area contributed by atoms with Gasteiger partial charge in [0.05, 0.1) is 24.6 Å². The van der Waals surface area contributed by atoms with E-state index in [1.165, 1.54) is 3.57 Å². The van der Waals surface area contributed by atoms with Crippen molar-refractivity contribution in [2.24, 2.45) is 15.4 Å². The Hall–Kier alpha value is -1.94. The van der Waals surface area contributed by atoms with E-state index in [-0.39, 0.29) is 0 Å². The maximum absolute atomic E-state index is 3.91. The van der Waals surface area contributed by atoms with Crippen molar-refractivity contribution in [3.05, 3.63) is 75.0 Å². The van der Waals surface area contributed by atoms with Crippen LogP contribution in [0, 0.1) is 3.57 Å². The molecule has 2 heterocycles. The molecule has 2 aromatic carbocycles. The van der Waals surface area contributed by atoms with E-state index in [0.717, 1.165) is 10.3 Å². The van der Waals surface area contributed by atoms with Gasteiger partial charge in [0, 0.05) is 3.57 Å². The smallest absolute Gasteiger partial charge is 0.130 e. The number of para-hydroxylation sites is 1. The molecule has 0 radical (unpaired) electrons. The summed E-state index contributed by atoms with van der Waals surface area (Å²) < 4.78 is 3.87. The van der Waals surface area contributed by atoms with Crippen LogP contribution in [0.3, 0.4) is 0 Å². The van der Waals surface area contributed by atoms with Crippen LogP contribution in [0.5, 0.6) is 0 Å². The number of hydrogen-bond donors (Lipinski definition) is 0. The van der Waals surface area contributed by atoms with Gasteiger partial charge < -0.3 is 0 Å². The van der Waals surface area contributed by atoms with Crippen molar-refractivity contribution < 1.29 is 0 Å². The van der Waals surface area contributed by atoms with E-state index in [1.807, 2.05) is 48.5 Å². The standard InChI is InChI=1S/C8H6BrN3.C6H5I.C2H3N3/c9-8-6-10-11-12(8)7-4-2-1-3-5-7;7-6-4-2-1-3-5-6;1-2-4-5-3-1/h1-6H;1-5H;1H,2H2. The third kappa shape index (κ3) is 6.67. The summed E-state index contributed by atoms with van der Waals surface area (Å²) in [5, 5.41) is 17.9. The Bertz CT molecular complexity index is 764. The molecule has 0 bridgehead atoms. The Kier molecular flexibility index (Phi) is 8.25. The molecule has 0 spiro atoms. The summed E-state index contributed by atoms with van der Waals surface area (Å²) >= 11 is 5.62. The second kappa shape index (κ2) is 10.8. The van der Waals surface area contributed by atoms with E-state index in [9.17, 15) is 0 Å². The van der Waals surface area contributed by atoms with Crippen LogP contribution in [-0.4, -0.2) is 27.8 Å². The van der Waals surface area contributed by atoms with Gasteiger partial charge >= 0.3 is 0 Å². The summed E-state index contributed by atoms with van der Waals surface area (Å²) in [6.07, 6.45) is 3.31. The summed E-state index contributed by atoms with van der Waals surface area (Å²) in [7, 11) is 0. The predicted octanol–water partition coefficient (Wildman–Crippen LogP) is 4.76. The van der Waals surface area contributed by atoms with Crippen LogP contribution in [0.1, 0.15) is 0 Å². The molecular weight excluding hydrogens is 483 g/mol. The number of aromatic nitrogens is 3. The zero-order valence-corrected chi connectivity index (χ0v) is 16.3. The van der Waals surface area contributed by atoms with Gasteiger partial charge in [0.1, 0.15) is 4.60 Å². The third-order valence-electron chi connectivity index (χ3n) is 2.60. The Morgan fingerprint density at radius 1 is 0.958 bits per heavy atom. The van der Waals surface area contributed by atoms with Gasteiger partial charge in [0.25, 0.3) is 0 Å². The monoisotopic (exact) mass is 496 g/mol. The van der Waals surface area contributed by atoms with E-state index < -0.39 is 0 Å². The molecule has 8 heteroatoms. The highest BCUT2D eigenvalue weighted by Crippen LogP contribution is 2.12. The summed E-state index contributed by atoms with van der Waals surface area (Å²) in [6.45, 7) is 0.667. The molecule has 0 unspecified atom stereocenters. The van der Waals surface area contributed by atoms with Crippen molar-refractivity contribution in [3.8, 4) is 5.69 Å². The lowest BCUT2D eigenvalue weighted by Gasteiger charge is -1.99. The highest BCUT2D eigenvalue weighted by atomic mass is 127. The topological polar surface area (TPSA) is 67.8 Å². The van der Waals surface area contributed by atoms with Gasteiger partial charge in [0.2, 0.25) is 0 Å². The average Bonchev–Trinajstić information content (AvgIpc) is 3.32. The van der Waals surface area contributed by atoms with Gasteiger partial charge in [-0.1, -0.05) is 41.6 Å². The van der Waals surface area contributed by atoms with Gasteiger partial charge in [-0.05, 0) is 68.0 Å². The van der Waals surface area contributed by atoms with E-state index in [2.05, 4.69) is 76.4 Å². The van der Waals surface area contributed by atoms with Crippen molar-refractivity contribution >= 4 is 44.7 Å². The molecule has 0 atom stereocenters. The first-order valence-electron chi connectivity index (χ1n) is 6.98. The molecule has 0 fully saturated rings. The summed E-state index contributed by atoms with van der Waals surface area (Å²) in [5.74, 6) is 0. The fraction of sp³-hybridized carbons (Fsp3) is 0.0625. The predicted molar refractivity (Wildman–Crippen MR) is 106 cm³/mol. The second-order valence-corrected chi connectivity index (χ2v) is 6.37. The fourth-order valence-corrected chi connectivity index (χ4v) is 2.35. The molecule has 0 N–H and O–H groups in total. The lowest BCUT2D eigenvalue weighted by molar-refractivity contribution is 0.792. The zero-order valence-electron chi connectivity index (χ0n) is 12.6. The first kappa shape index (κ1) is 18.4. The zero-order chi connectivity index (χ0) is 17.0. The number of halogens is 2. The van der Waals surface area contributed by atoms with Crippen LogP contribution in [0.4, 0.5) is 0 Å². The molecule has 1 aromatic heterocycles. The minimum Gasteiger partial charge on any atom is -0.206 e. The van der Waals surface area contributed by atoms with Gasteiger partial charge in [-0.2, -0.15) is 5.11 Å². The van der Waals surface area contributed by atoms with Crippen LogP contribution in [0.25, 0.3) is 5.69 Å². The molecule has 0 saturated heterocycles. The largest absolute Gasteiger partial charge is 0.206 e. The first-order chi connectivity index (χ1) is 11.8. The van der Waals surface area contributed by atoms with Crippen LogP contribution in [0.15, 0.2) is 86.9 Å². The number of rotatable bonds is 1. The molecule has 1 aliphatic heterocycles. The average molecular weight is 497 g/mol. The van der Waals surface area contributed by atoms with Crippen molar-refractivity contribution in [2.75, 3.05) is 6.54 Å². The van der Waals surface area contributed by atoms with Crippen LogP contribution in [0.2, 0.25) is 0 Å². The third-order valence-corrected chi connectivity index (χ3v) is 3.86. The number of hydrogen-bond acceptors (Lipinski definition) is 5. The highest BCUT2D eigenvalue weighted by molar-refractivity contribution is 14.1. The van der Waals surface area contributed by atoms with E-state index in [1.54, 1.807) is 17.1 Å². The van der Waals surface area contributed by atoms with E-state index in [4.69, 9.17) is 0 Å². The van der Waals surface area contributed by atoms with Crippen LogP contribution in [-0.2, 0) is 0 Å². The molecule has 1 aliphatic rings. The summed E-state index contributed by atoms with van der Waals surface area (Å²) in [4.78, 5) is 0. The van der Waals surface area contributed by atoms with Crippen molar-refractivity contribution in [1.82, 2.24) is 15.0 Å². The SMILES string of the molecule is Brc1cnnn1-c1ccccc1.C1=NN=NC1.Ic1ccccc1. The first-order valence-corrected chi connectivity index (χ1v) is 8.85. The van der Waals surface area contributed by atoms with Crippen LogP contribution >= 0.6 is 38.5 Å². The van der Waals surface area contributed by atoms with Crippen molar-refractivity contribution in [1.29, 1.82) is 0 Å². The highest BCUT2D eigenvalue weighted by Gasteiger charge is 2.00. The molecule has 0 amide bonds. The molecule has 122 valence electrons. The molecule has 6 nitrogen and oxygen atoms in total. The molecule has 0 saturated carbocycles. The molecule has 4 rings (SSSR count). The quantitative estimate of drug-likeness (QED) is 0.456. The summed E-state index contributed by atoms with van der Waals surface area (Å²) in [5.41, 5.74) is 1.00. The molecule has 24 heavy (non-hydrogen) atoms. The Morgan fingerprint density at radius 2 is 1.62 bits per heavy atom. The maximum Gasteiger partial charge on any atom is 0.130 e. The van der Waals surface area contributed by atoms with Crippen molar-refractivity contribution in [3.63, 3.8) is 0 Å². The minimum absolute atomic E-state index is 0.667. The minimum atomic E-state index is 0.667. The van der Waals surface area contributed by atoms with Gasteiger partial charge in [-0.25, -0.2) is 4.68 Å². The second-order valence-electron chi connectivity index (χ2n) is 4.31. The lowest BCUT2D eigenvalue weighted by atomic mass is 10.3. The Labute approximate surface area is 162 Å².